The Bertz CT molecular complexity index is 336. The molecule has 0 spiro atoms. The van der Waals surface area contributed by atoms with E-state index in [1.165, 1.54) is 11.6 Å². The highest BCUT2D eigenvalue weighted by molar-refractivity contribution is 5.34. The Morgan fingerprint density at radius 3 is 2.93 bits per heavy atom. The van der Waals surface area contributed by atoms with E-state index in [4.69, 9.17) is 0 Å². The van der Waals surface area contributed by atoms with Gasteiger partial charge in [0.15, 0.2) is 0 Å². The van der Waals surface area contributed by atoms with E-state index in [0.717, 1.165) is 18.4 Å². The highest BCUT2D eigenvalue weighted by Crippen LogP contribution is 2.31. The Kier molecular flexibility index (Phi) is 2.52. The summed E-state index contributed by atoms with van der Waals surface area (Å²) in [5, 5.41) is 1.95. The molecule has 1 aliphatic carbocycles. The molecule has 0 bridgehead atoms. The van der Waals surface area contributed by atoms with Crippen molar-refractivity contribution >= 4 is 0 Å². The van der Waals surface area contributed by atoms with Gasteiger partial charge in [-0.1, -0.05) is 6.07 Å². The fraction of sp³-hybridized carbons (Fsp3) is 0.455. The monoisotopic (exact) mass is 194 g/mol. The van der Waals surface area contributed by atoms with Gasteiger partial charge in [-0.15, -0.1) is 0 Å². The first-order valence-electron chi connectivity index (χ1n) is 4.88. The first kappa shape index (κ1) is 9.62. The summed E-state index contributed by atoms with van der Waals surface area (Å²) in [6.07, 6.45) is 2.02. The van der Waals surface area contributed by atoms with E-state index in [9.17, 15) is 4.39 Å². The van der Waals surface area contributed by atoms with Crippen LogP contribution in [-0.2, 0) is 6.42 Å². The number of aryl methyl sites for hydroxylation is 1. The molecule has 0 aliphatic heterocycles. The molecular formula is C11H15FN2. The molecule has 14 heavy (non-hydrogen) atoms. The maximum atomic E-state index is 12.9. The van der Waals surface area contributed by atoms with Crippen molar-refractivity contribution in [3.63, 3.8) is 0 Å². The van der Waals surface area contributed by atoms with Crippen molar-refractivity contribution in [2.24, 2.45) is 0 Å². The minimum Gasteiger partial charge on any atom is -0.250 e. The van der Waals surface area contributed by atoms with Gasteiger partial charge in [-0.05, 0) is 36.1 Å². The average molecular weight is 194 g/mol. The number of nitrogens with zero attached hydrogens (tertiary/aromatic N) is 1. The van der Waals surface area contributed by atoms with E-state index < -0.39 is 0 Å². The molecule has 1 aliphatic rings. The highest BCUT2D eigenvalue weighted by atomic mass is 19.1. The zero-order valence-electron chi connectivity index (χ0n) is 8.55. The molecule has 1 N–H and O–H groups in total. The van der Waals surface area contributed by atoms with Crippen LogP contribution >= 0.6 is 0 Å². The lowest BCUT2D eigenvalue weighted by Gasteiger charge is -2.19. The summed E-state index contributed by atoms with van der Waals surface area (Å²) in [5.74, 6) is -0.130. The van der Waals surface area contributed by atoms with Gasteiger partial charge >= 0.3 is 0 Å². The van der Waals surface area contributed by atoms with Crippen LogP contribution in [0.1, 0.15) is 23.6 Å². The standard InChI is InChI=1S/C11H15FN2/c1-14(2)13-11-6-3-8-7-9(12)4-5-10(8)11/h4-5,7,11,13H,3,6H2,1-2H3. The van der Waals surface area contributed by atoms with Crippen molar-refractivity contribution < 1.29 is 4.39 Å². The molecule has 0 saturated carbocycles. The van der Waals surface area contributed by atoms with Gasteiger partial charge in [0, 0.05) is 20.1 Å². The maximum Gasteiger partial charge on any atom is 0.123 e. The molecule has 0 radical (unpaired) electrons. The zero-order valence-corrected chi connectivity index (χ0v) is 8.55. The Balaban J connectivity index is 2.22. The van der Waals surface area contributed by atoms with Crippen molar-refractivity contribution in [2.75, 3.05) is 14.1 Å². The quantitative estimate of drug-likeness (QED) is 0.723. The highest BCUT2D eigenvalue weighted by Gasteiger charge is 2.22. The Morgan fingerprint density at radius 1 is 1.43 bits per heavy atom. The van der Waals surface area contributed by atoms with Crippen LogP contribution in [0.4, 0.5) is 4.39 Å². The van der Waals surface area contributed by atoms with Gasteiger partial charge in [0.2, 0.25) is 0 Å². The van der Waals surface area contributed by atoms with Gasteiger partial charge in [-0.25, -0.2) is 9.82 Å². The molecular weight excluding hydrogens is 179 g/mol. The molecule has 1 atom stereocenters. The van der Waals surface area contributed by atoms with Crippen LogP contribution in [0, 0.1) is 5.82 Å². The molecule has 3 heteroatoms. The lowest BCUT2D eigenvalue weighted by atomic mass is 10.1. The first-order chi connectivity index (χ1) is 6.66. The van der Waals surface area contributed by atoms with Crippen LogP contribution in [-0.4, -0.2) is 19.1 Å². The maximum absolute atomic E-state index is 12.9. The number of benzene rings is 1. The Labute approximate surface area is 83.7 Å². The van der Waals surface area contributed by atoms with Crippen LogP contribution in [0.15, 0.2) is 18.2 Å². The van der Waals surface area contributed by atoms with E-state index in [2.05, 4.69) is 5.43 Å². The summed E-state index contributed by atoms with van der Waals surface area (Å²) in [6, 6.07) is 5.42. The summed E-state index contributed by atoms with van der Waals surface area (Å²) in [7, 11) is 3.95. The van der Waals surface area contributed by atoms with E-state index in [-0.39, 0.29) is 5.82 Å². The van der Waals surface area contributed by atoms with Crippen LogP contribution in [0.2, 0.25) is 0 Å². The molecule has 0 heterocycles. The summed E-state index contributed by atoms with van der Waals surface area (Å²) >= 11 is 0. The van der Waals surface area contributed by atoms with Crippen LogP contribution in [0.3, 0.4) is 0 Å². The zero-order chi connectivity index (χ0) is 10.1. The fourth-order valence-corrected chi connectivity index (χ4v) is 2.03. The van der Waals surface area contributed by atoms with Gasteiger partial charge in [0.05, 0.1) is 0 Å². The summed E-state index contributed by atoms with van der Waals surface area (Å²) < 4.78 is 12.9. The molecule has 0 aromatic heterocycles. The third kappa shape index (κ3) is 1.79. The molecule has 0 saturated heterocycles. The predicted molar refractivity (Wildman–Crippen MR) is 54.3 cm³/mol. The van der Waals surface area contributed by atoms with Crippen LogP contribution in [0.25, 0.3) is 0 Å². The predicted octanol–water partition coefficient (Wildman–Crippen LogP) is 1.88. The second kappa shape index (κ2) is 3.67. The third-order valence-corrected chi connectivity index (χ3v) is 2.60. The molecule has 1 unspecified atom stereocenters. The smallest absolute Gasteiger partial charge is 0.123 e. The van der Waals surface area contributed by atoms with Gasteiger partial charge in [0.25, 0.3) is 0 Å². The Hall–Kier alpha value is -0.930. The van der Waals surface area contributed by atoms with Gasteiger partial charge in [-0.3, -0.25) is 5.01 Å². The van der Waals surface area contributed by atoms with Crippen molar-refractivity contribution in [1.29, 1.82) is 0 Å². The minimum atomic E-state index is -0.130. The molecule has 2 rings (SSSR count). The van der Waals surface area contributed by atoms with E-state index in [1.54, 1.807) is 6.07 Å². The molecule has 0 amide bonds. The lowest BCUT2D eigenvalue weighted by molar-refractivity contribution is 0.242. The minimum absolute atomic E-state index is 0.130. The summed E-state index contributed by atoms with van der Waals surface area (Å²) in [5.41, 5.74) is 5.71. The second-order valence-electron chi connectivity index (χ2n) is 3.96. The number of hydrogen-bond donors (Lipinski definition) is 1. The van der Waals surface area contributed by atoms with Gasteiger partial charge < -0.3 is 0 Å². The number of rotatable bonds is 2. The number of halogens is 1. The second-order valence-corrected chi connectivity index (χ2v) is 3.96. The number of fused-ring (bicyclic) bond motifs is 1. The molecule has 76 valence electrons. The van der Waals surface area contributed by atoms with Crippen molar-refractivity contribution in [2.45, 2.75) is 18.9 Å². The van der Waals surface area contributed by atoms with Crippen molar-refractivity contribution in [3.05, 3.63) is 35.1 Å². The van der Waals surface area contributed by atoms with E-state index >= 15 is 0 Å². The van der Waals surface area contributed by atoms with Gasteiger partial charge in [-0.2, -0.15) is 0 Å². The number of hydrogen-bond acceptors (Lipinski definition) is 2. The van der Waals surface area contributed by atoms with Crippen LogP contribution < -0.4 is 5.43 Å². The summed E-state index contributed by atoms with van der Waals surface area (Å²) in [4.78, 5) is 0. The molecule has 1 aromatic rings. The van der Waals surface area contributed by atoms with Gasteiger partial charge in [0.1, 0.15) is 5.82 Å². The number of nitrogens with one attached hydrogen (secondary N) is 1. The van der Waals surface area contributed by atoms with E-state index in [1.807, 2.05) is 25.2 Å². The molecule has 0 fully saturated rings. The summed E-state index contributed by atoms with van der Waals surface area (Å²) in [6.45, 7) is 0. The SMILES string of the molecule is CN(C)NC1CCc2cc(F)ccc21. The normalized spacial score (nSPS) is 20.1. The Morgan fingerprint density at radius 2 is 2.21 bits per heavy atom. The van der Waals surface area contributed by atoms with Crippen LogP contribution in [0.5, 0.6) is 0 Å². The average Bonchev–Trinajstić information content (AvgIpc) is 2.47. The van der Waals surface area contributed by atoms with E-state index in [0.29, 0.717) is 6.04 Å². The molecule has 1 aromatic carbocycles. The largest absolute Gasteiger partial charge is 0.250 e. The topological polar surface area (TPSA) is 15.3 Å². The fourth-order valence-electron chi connectivity index (χ4n) is 2.03. The van der Waals surface area contributed by atoms with Crippen molar-refractivity contribution in [3.8, 4) is 0 Å². The van der Waals surface area contributed by atoms with Crippen molar-refractivity contribution in [1.82, 2.24) is 10.4 Å². The number of hydrazine groups is 1. The first-order valence-corrected chi connectivity index (χ1v) is 4.88. The lowest BCUT2D eigenvalue weighted by Crippen LogP contribution is -2.33. The third-order valence-electron chi connectivity index (χ3n) is 2.60. The molecule has 2 nitrogen and oxygen atoms in total.